The average molecular weight is 317 g/mol. The third-order valence-electron chi connectivity index (χ3n) is 2.90. The maximum Gasteiger partial charge on any atom is 0.255 e. The van der Waals surface area contributed by atoms with Gasteiger partial charge in [0.2, 0.25) is 0 Å². The van der Waals surface area contributed by atoms with Crippen molar-refractivity contribution in [2.45, 2.75) is 32.2 Å². The Kier molecular flexibility index (Phi) is 4.10. The second-order valence-corrected chi connectivity index (χ2v) is 5.56. The van der Waals surface area contributed by atoms with E-state index in [1.165, 1.54) is 0 Å². The first kappa shape index (κ1) is 12.9. The van der Waals surface area contributed by atoms with Crippen molar-refractivity contribution in [1.29, 1.82) is 0 Å². The first-order valence-electron chi connectivity index (χ1n) is 5.90. The summed E-state index contributed by atoms with van der Waals surface area (Å²) in [5, 5.41) is 0.513. The molecule has 0 spiro atoms. The van der Waals surface area contributed by atoms with Gasteiger partial charge in [0.15, 0.2) is 0 Å². The van der Waals surface area contributed by atoms with E-state index in [1.807, 2.05) is 17.0 Å². The van der Waals surface area contributed by atoms with Crippen molar-refractivity contribution in [3.8, 4) is 0 Å². The normalized spacial score (nSPS) is 14.8. The van der Waals surface area contributed by atoms with Crippen molar-refractivity contribution in [3.05, 3.63) is 33.3 Å². The molecule has 1 amide bonds. The lowest BCUT2D eigenvalue weighted by Crippen LogP contribution is -2.34. The molecule has 0 atom stereocenters. The largest absolute Gasteiger partial charge is 0.336 e. The van der Waals surface area contributed by atoms with E-state index in [0.29, 0.717) is 16.6 Å². The molecular weight excluding hydrogens is 302 g/mol. The molecule has 2 rings (SSSR count). The summed E-state index contributed by atoms with van der Waals surface area (Å²) in [6, 6.07) is 5.92. The first-order valence-corrected chi connectivity index (χ1v) is 7.07. The predicted octanol–water partition coefficient (Wildman–Crippen LogP) is 4.12. The molecule has 4 heteroatoms. The van der Waals surface area contributed by atoms with Crippen LogP contribution in [0.4, 0.5) is 0 Å². The minimum absolute atomic E-state index is 0.0562. The highest BCUT2D eigenvalue weighted by atomic mass is 79.9. The van der Waals surface area contributed by atoms with Crippen LogP contribution in [-0.4, -0.2) is 23.4 Å². The van der Waals surface area contributed by atoms with Gasteiger partial charge >= 0.3 is 0 Å². The summed E-state index contributed by atoms with van der Waals surface area (Å²) in [4.78, 5) is 14.4. The van der Waals surface area contributed by atoms with Gasteiger partial charge in [-0.25, -0.2) is 0 Å². The molecule has 1 aliphatic rings. The van der Waals surface area contributed by atoms with Gasteiger partial charge in [0, 0.05) is 17.1 Å². The van der Waals surface area contributed by atoms with Crippen LogP contribution in [0, 0.1) is 0 Å². The lowest BCUT2D eigenvalue weighted by atomic mass is 10.2. The second-order valence-electron chi connectivity index (χ2n) is 4.33. The van der Waals surface area contributed by atoms with E-state index < -0.39 is 0 Å². The third-order valence-corrected chi connectivity index (χ3v) is 4.19. The summed E-state index contributed by atoms with van der Waals surface area (Å²) in [5.41, 5.74) is 0.599. The van der Waals surface area contributed by atoms with Crippen LogP contribution in [-0.2, 0) is 0 Å². The van der Waals surface area contributed by atoms with Gasteiger partial charge in [-0.2, -0.15) is 0 Å². The number of nitrogens with zero attached hydrogens (tertiary/aromatic N) is 1. The standard InChI is InChI=1S/C13H15BrClNO/c1-2-8-16(9-6-7-9)13(17)10-4-3-5-11(14)12(10)15/h3-5,9H,2,6-8H2,1H3. The fourth-order valence-corrected chi connectivity index (χ4v) is 2.47. The van der Waals surface area contributed by atoms with Crippen LogP contribution in [0.15, 0.2) is 22.7 Å². The van der Waals surface area contributed by atoms with Crippen LogP contribution < -0.4 is 0 Å². The van der Waals surface area contributed by atoms with Gasteiger partial charge in [0.25, 0.3) is 5.91 Å². The Balaban J connectivity index is 2.25. The van der Waals surface area contributed by atoms with Gasteiger partial charge in [-0.05, 0) is 47.3 Å². The predicted molar refractivity (Wildman–Crippen MR) is 73.5 cm³/mol. The molecule has 1 saturated carbocycles. The Morgan fingerprint density at radius 3 is 2.82 bits per heavy atom. The molecule has 17 heavy (non-hydrogen) atoms. The lowest BCUT2D eigenvalue weighted by Gasteiger charge is -2.22. The quantitative estimate of drug-likeness (QED) is 0.818. The van der Waals surface area contributed by atoms with Crippen LogP contribution in [0.1, 0.15) is 36.5 Å². The molecule has 0 radical (unpaired) electrons. The van der Waals surface area contributed by atoms with Gasteiger partial charge < -0.3 is 4.90 Å². The Hall–Kier alpha value is -0.540. The molecule has 0 aromatic heterocycles. The van der Waals surface area contributed by atoms with Crippen LogP contribution in [0.2, 0.25) is 5.02 Å². The number of carbonyl (C=O) groups is 1. The Morgan fingerprint density at radius 2 is 2.24 bits per heavy atom. The van der Waals surface area contributed by atoms with E-state index in [0.717, 1.165) is 30.3 Å². The SMILES string of the molecule is CCCN(C(=O)c1cccc(Br)c1Cl)C1CC1. The monoisotopic (exact) mass is 315 g/mol. The summed E-state index contributed by atoms with van der Waals surface area (Å²) in [5.74, 6) is 0.0562. The topological polar surface area (TPSA) is 20.3 Å². The van der Waals surface area contributed by atoms with E-state index in [4.69, 9.17) is 11.6 Å². The number of benzene rings is 1. The van der Waals surface area contributed by atoms with Gasteiger partial charge in [0.05, 0.1) is 10.6 Å². The van der Waals surface area contributed by atoms with Crippen LogP contribution in [0.3, 0.4) is 0 Å². The summed E-state index contributed by atoms with van der Waals surface area (Å²) < 4.78 is 0.775. The van der Waals surface area contributed by atoms with Crippen molar-refractivity contribution in [3.63, 3.8) is 0 Å². The number of hydrogen-bond donors (Lipinski definition) is 0. The minimum Gasteiger partial charge on any atom is -0.336 e. The van der Waals surface area contributed by atoms with Gasteiger partial charge in [-0.15, -0.1) is 0 Å². The smallest absolute Gasteiger partial charge is 0.255 e. The van der Waals surface area contributed by atoms with E-state index in [-0.39, 0.29) is 5.91 Å². The average Bonchev–Trinajstić information content (AvgIpc) is 3.13. The van der Waals surface area contributed by atoms with Crippen LogP contribution >= 0.6 is 27.5 Å². The highest BCUT2D eigenvalue weighted by molar-refractivity contribution is 9.10. The van der Waals surface area contributed by atoms with Crippen molar-refractivity contribution < 1.29 is 4.79 Å². The maximum atomic E-state index is 12.4. The molecule has 1 aromatic carbocycles. The molecular formula is C13H15BrClNO. The van der Waals surface area contributed by atoms with E-state index in [2.05, 4.69) is 22.9 Å². The fraction of sp³-hybridized carbons (Fsp3) is 0.462. The van der Waals surface area contributed by atoms with Gasteiger partial charge in [-0.1, -0.05) is 24.6 Å². The Bertz CT molecular complexity index is 431. The molecule has 0 bridgehead atoms. The van der Waals surface area contributed by atoms with Gasteiger partial charge in [-0.3, -0.25) is 4.79 Å². The zero-order valence-electron chi connectivity index (χ0n) is 9.75. The molecule has 1 aromatic rings. The summed E-state index contributed by atoms with van der Waals surface area (Å²) in [6.07, 6.45) is 3.22. The van der Waals surface area contributed by atoms with Crippen molar-refractivity contribution in [2.24, 2.45) is 0 Å². The van der Waals surface area contributed by atoms with Gasteiger partial charge in [0.1, 0.15) is 0 Å². The van der Waals surface area contributed by atoms with Crippen molar-refractivity contribution in [2.75, 3.05) is 6.54 Å². The van der Waals surface area contributed by atoms with E-state index >= 15 is 0 Å². The molecule has 1 fully saturated rings. The number of rotatable bonds is 4. The zero-order valence-corrected chi connectivity index (χ0v) is 12.1. The highest BCUT2D eigenvalue weighted by Crippen LogP contribution is 2.32. The molecule has 2 nitrogen and oxygen atoms in total. The van der Waals surface area contributed by atoms with Crippen molar-refractivity contribution in [1.82, 2.24) is 4.90 Å². The fourth-order valence-electron chi connectivity index (χ4n) is 1.90. The first-order chi connectivity index (χ1) is 8.15. The second kappa shape index (κ2) is 5.40. The molecule has 0 unspecified atom stereocenters. The molecule has 92 valence electrons. The minimum atomic E-state index is 0.0562. The lowest BCUT2D eigenvalue weighted by molar-refractivity contribution is 0.0743. The Labute approximate surface area is 115 Å². The number of halogens is 2. The molecule has 0 saturated heterocycles. The van der Waals surface area contributed by atoms with Crippen LogP contribution in [0.5, 0.6) is 0 Å². The molecule has 1 aliphatic carbocycles. The highest BCUT2D eigenvalue weighted by Gasteiger charge is 2.33. The zero-order chi connectivity index (χ0) is 12.4. The number of hydrogen-bond acceptors (Lipinski definition) is 1. The van der Waals surface area contributed by atoms with E-state index in [1.54, 1.807) is 6.07 Å². The summed E-state index contributed by atoms with van der Waals surface area (Å²) >= 11 is 9.52. The third kappa shape index (κ3) is 2.83. The summed E-state index contributed by atoms with van der Waals surface area (Å²) in [7, 11) is 0. The molecule has 0 N–H and O–H groups in total. The van der Waals surface area contributed by atoms with Crippen molar-refractivity contribution >= 4 is 33.4 Å². The van der Waals surface area contributed by atoms with Crippen LogP contribution in [0.25, 0.3) is 0 Å². The molecule has 0 aliphatic heterocycles. The number of amides is 1. The van der Waals surface area contributed by atoms with E-state index in [9.17, 15) is 4.79 Å². The number of carbonyl (C=O) groups excluding carboxylic acids is 1. The Morgan fingerprint density at radius 1 is 1.53 bits per heavy atom. The maximum absolute atomic E-state index is 12.4. The summed E-state index contributed by atoms with van der Waals surface area (Å²) in [6.45, 7) is 2.90. The molecule has 0 heterocycles.